The molecule has 2 amide bonds. The second-order valence-electron chi connectivity index (χ2n) is 8.88. The van der Waals surface area contributed by atoms with E-state index in [9.17, 15) is 18.0 Å². The maximum Gasteiger partial charge on any atom is 0.242 e. The fourth-order valence-corrected chi connectivity index (χ4v) is 4.79. The molecule has 0 saturated carbocycles. The van der Waals surface area contributed by atoms with Crippen LogP contribution in [0.1, 0.15) is 39.2 Å². The Morgan fingerprint density at radius 2 is 1.63 bits per heavy atom. The van der Waals surface area contributed by atoms with Gasteiger partial charge in [-0.25, -0.2) is 8.42 Å². The molecule has 0 aliphatic carbocycles. The summed E-state index contributed by atoms with van der Waals surface area (Å²) in [4.78, 5) is 27.6. The molecule has 10 heteroatoms. The molecule has 2 rings (SSSR count). The molecular formula is C25H33BrClN3O4S. The van der Waals surface area contributed by atoms with Crippen molar-refractivity contribution in [3.05, 3.63) is 63.6 Å². The summed E-state index contributed by atoms with van der Waals surface area (Å²) in [5, 5.41) is 3.40. The van der Waals surface area contributed by atoms with E-state index in [-0.39, 0.29) is 37.2 Å². The summed E-state index contributed by atoms with van der Waals surface area (Å²) in [7, 11) is -3.55. The number of amides is 2. The van der Waals surface area contributed by atoms with E-state index < -0.39 is 16.1 Å². The number of carbonyl (C=O) groups is 2. The van der Waals surface area contributed by atoms with Crippen molar-refractivity contribution < 1.29 is 18.0 Å². The summed E-state index contributed by atoms with van der Waals surface area (Å²) < 4.78 is 26.9. The van der Waals surface area contributed by atoms with Gasteiger partial charge in [0, 0.05) is 35.6 Å². The number of hydrogen-bond donors (Lipinski definition) is 1. The number of sulfonamides is 1. The van der Waals surface area contributed by atoms with Crippen molar-refractivity contribution in [1.82, 2.24) is 10.2 Å². The van der Waals surface area contributed by atoms with Gasteiger partial charge in [-0.15, -0.1) is 0 Å². The first kappa shape index (κ1) is 29.1. The van der Waals surface area contributed by atoms with Gasteiger partial charge >= 0.3 is 0 Å². The van der Waals surface area contributed by atoms with E-state index in [2.05, 4.69) is 21.2 Å². The molecule has 2 aromatic rings. The number of rotatable bonds is 12. The predicted octanol–water partition coefficient (Wildman–Crippen LogP) is 4.84. The van der Waals surface area contributed by atoms with Gasteiger partial charge in [0.15, 0.2) is 0 Å². The first-order valence-corrected chi connectivity index (χ1v) is 14.4. The molecule has 0 spiro atoms. The molecule has 1 N–H and O–H groups in total. The molecule has 0 heterocycles. The molecular weight excluding hydrogens is 554 g/mol. The van der Waals surface area contributed by atoms with Crippen molar-refractivity contribution in [1.29, 1.82) is 0 Å². The molecule has 35 heavy (non-hydrogen) atoms. The van der Waals surface area contributed by atoms with Crippen LogP contribution in [0.4, 0.5) is 5.69 Å². The monoisotopic (exact) mass is 585 g/mol. The van der Waals surface area contributed by atoms with Crippen LogP contribution in [0.25, 0.3) is 0 Å². The maximum absolute atomic E-state index is 13.3. The van der Waals surface area contributed by atoms with Crippen molar-refractivity contribution in [2.24, 2.45) is 5.92 Å². The van der Waals surface area contributed by atoms with Gasteiger partial charge in [-0.05, 0) is 61.2 Å². The fraction of sp³-hybridized carbons (Fsp3) is 0.440. The molecule has 0 bridgehead atoms. The highest BCUT2D eigenvalue weighted by Gasteiger charge is 2.26. The molecule has 0 unspecified atom stereocenters. The number of benzene rings is 2. The van der Waals surface area contributed by atoms with Crippen LogP contribution in [0.3, 0.4) is 0 Å². The zero-order chi connectivity index (χ0) is 26.2. The normalized spacial score (nSPS) is 12.3. The van der Waals surface area contributed by atoms with Gasteiger partial charge in [0.1, 0.15) is 6.04 Å². The molecule has 2 aromatic carbocycles. The lowest BCUT2D eigenvalue weighted by atomic mass is 10.1. The maximum atomic E-state index is 13.3. The Bertz CT molecular complexity index is 1090. The van der Waals surface area contributed by atoms with Gasteiger partial charge in [0.2, 0.25) is 21.8 Å². The molecule has 0 aliphatic heterocycles. The van der Waals surface area contributed by atoms with Crippen molar-refractivity contribution in [3.8, 4) is 0 Å². The van der Waals surface area contributed by atoms with Gasteiger partial charge in [0.05, 0.1) is 11.9 Å². The Morgan fingerprint density at radius 1 is 1.03 bits per heavy atom. The van der Waals surface area contributed by atoms with Crippen LogP contribution in [-0.2, 0) is 26.2 Å². The molecule has 0 saturated heterocycles. The minimum absolute atomic E-state index is 0.0952. The lowest BCUT2D eigenvalue weighted by molar-refractivity contribution is -0.140. The summed E-state index contributed by atoms with van der Waals surface area (Å²) >= 11 is 9.34. The number of halogens is 2. The van der Waals surface area contributed by atoms with Crippen LogP contribution in [0.2, 0.25) is 5.02 Å². The number of nitrogens with one attached hydrogen (secondary N) is 1. The first-order valence-electron chi connectivity index (χ1n) is 11.4. The number of hydrogen-bond acceptors (Lipinski definition) is 4. The van der Waals surface area contributed by atoms with Gasteiger partial charge in [-0.2, -0.15) is 0 Å². The highest BCUT2D eigenvalue weighted by molar-refractivity contribution is 9.10. The average molecular weight is 587 g/mol. The summed E-state index contributed by atoms with van der Waals surface area (Å²) in [6.07, 6.45) is 1.52. The van der Waals surface area contributed by atoms with E-state index in [0.717, 1.165) is 16.3 Å². The third kappa shape index (κ3) is 9.46. The van der Waals surface area contributed by atoms with Gasteiger partial charge in [-0.1, -0.05) is 53.5 Å². The van der Waals surface area contributed by atoms with Crippen LogP contribution in [0, 0.1) is 5.92 Å². The molecule has 7 nitrogen and oxygen atoms in total. The summed E-state index contributed by atoms with van der Waals surface area (Å²) in [6.45, 7) is 6.65. The highest BCUT2D eigenvalue weighted by Crippen LogP contribution is 2.21. The van der Waals surface area contributed by atoms with Crippen molar-refractivity contribution in [2.45, 2.75) is 46.2 Å². The lowest BCUT2D eigenvalue weighted by Gasteiger charge is -2.29. The second kappa shape index (κ2) is 13.3. The minimum atomic E-state index is -3.55. The third-order valence-electron chi connectivity index (χ3n) is 5.38. The smallest absolute Gasteiger partial charge is 0.242 e. The molecule has 0 aliphatic rings. The van der Waals surface area contributed by atoms with Crippen molar-refractivity contribution in [2.75, 3.05) is 23.7 Å². The van der Waals surface area contributed by atoms with E-state index in [1.165, 1.54) is 4.31 Å². The quantitative estimate of drug-likeness (QED) is 0.386. The van der Waals surface area contributed by atoms with Crippen LogP contribution in [-0.4, -0.2) is 50.5 Å². The highest BCUT2D eigenvalue weighted by atomic mass is 79.9. The Morgan fingerprint density at radius 3 is 2.17 bits per heavy atom. The van der Waals surface area contributed by atoms with Crippen LogP contribution >= 0.6 is 27.5 Å². The average Bonchev–Trinajstić information content (AvgIpc) is 2.79. The Balaban J connectivity index is 2.14. The summed E-state index contributed by atoms with van der Waals surface area (Å²) in [6, 6.07) is 13.4. The SMILES string of the molecule is CC(C)CNC(=O)[C@H](C)N(Cc1ccc(Br)cc1)C(=O)CCCN(c1ccc(Cl)cc1)S(C)(=O)=O. The standard InChI is InChI=1S/C25H33BrClN3O4S/c1-18(2)16-28-25(32)19(3)29(17-20-7-9-21(26)10-8-20)24(31)6-5-15-30(35(4,33)34)23-13-11-22(27)12-14-23/h7-14,18-19H,5-6,15-17H2,1-4H3,(H,28,32)/t19-/m0/s1. The molecule has 192 valence electrons. The second-order valence-corrected chi connectivity index (χ2v) is 12.1. The van der Waals surface area contributed by atoms with Gasteiger partial charge < -0.3 is 10.2 Å². The van der Waals surface area contributed by atoms with E-state index >= 15 is 0 Å². The predicted molar refractivity (Wildman–Crippen MR) is 145 cm³/mol. The largest absolute Gasteiger partial charge is 0.354 e. The Labute approximate surface area is 222 Å². The molecule has 1 atom stereocenters. The zero-order valence-corrected chi connectivity index (χ0v) is 23.7. The number of nitrogens with zero attached hydrogens (tertiary/aromatic N) is 2. The van der Waals surface area contributed by atoms with E-state index in [1.54, 1.807) is 36.1 Å². The number of anilines is 1. The molecule has 0 radical (unpaired) electrons. The van der Waals surface area contributed by atoms with Gasteiger partial charge in [-0.3, -0.25) is 13.9 Å². The van der Waals surface area contributed by atoms with Gasteiger partial charge in [0.25, 0.3) is 0 Å². The molecule has 0 aromatic heterocycles. The Kier molecular flexibility index (Phi) is 11.0. The van der Waals surface area contributed by atoms with Crippen LogP contribution < -0.4 is 9.62 Å². The summed E-state index contributed by atoms with van der Waals surface area (Å²) in [5.41, 5.74) is 1.38. The third-order valence-corrected chi connectivity index (χ3v) is 7.36. The van der Waals surface area contributed by atoms with Crippen molar-refractivity contribution in [3.63, 3.8) is 0 Å². The first-order chi connectivity index (χ1) is 16.4. The van der Waals surface area contributed by atoms with Crippen LogP contribution in [0.15, 0.2) is 53.0 Å². The van der Waals surface area contributed by atoms with Crippen molar-refractivity contribution >= 4 is 55.1 Å². The fourth-order valence-electron chi connectivity index (χ4n) is 3.43. The van der Waals surface area contributed by atoms with E-state index in [0.29, 0.717) is 23.7 Å². The zero-order valence-electron chi connectivity index (χ0n) is 20.5. The Hall–Kier alpha value is -2.10. The summed E-state index contributed by atoms with van der Waals surface area (Å²) in [5.74, 6) is -0.149. The van der Waals surface area contributed by atoms with E-state index in [4.69, 9.17) is 11.6 Å². The lowest BCUT2D eigenvalue weighted by Crippen LogP contribution is -2.48. The molecule has 0 fully saturated rings. The van der Waals surface area contributed by atoms with E-state index in [1.807, 2.05) is 38.1 Å². The topological polar surface area (TPSA) is 86.8 Å². The minimum Gasteiger partial charge on any atom is -0.354 e. The number of carbonyl (C=O) groups excluding carboxylic acids is 2. The van der Waals surface area contributed by atoms with Crippen LogP contribution in [0.5, 0.6) is 0 Å².